The second kappa shape index (κ2) is 5.06. The molecule has 3 N–H and O–H groups in total. The number of aromatic nitrogens is 2. The standard InChI is InChI=1S/C20H18N2O4/c1-8(23)14-13(25)7-11-6-10-5-9-3-2-4-12(24)15(9)18-16(10)19(22-21-18)17(11)20(14)26/h2-4,10-11,17,24,26H,5-7H2,1H3,(H,21,22). The molecule has 0 amide bonds. The maximum atomic E-state index is 12.4. The third-order valence-electron chi connectivity index (χ3n) is 6.07. The van der Waals surface area contributed by atoms with Crippen LogP contribution in [0.1, 0.15) is 48.4 Å². The number of carbonyl (C=O) groups excluding carboxylic acids is 2. The summed E-state index contributed by atoms with van der Waals surface area (Å²) in [7, 11) is 0. The highest BCUT2D eigenvalue weighted by molar-refractivity contribution is 6.20. The lowest BCUT2D eigenvalue weighted by atomic mass is 9.63. The summed E-state index contributed by atoms with van der Waals surface area (Å²) in [6.07, 6.45) is 1.78. The molecule has 1 aromatic heterocycles. The van der Waals surface area contributed by atoms with E-state index < -0.39 is 11.7 Å². The molecule has 0 saturated carbocycles. The minimum absolute atomic E-state index is 0.0461. The van der Waals surface area contributed by atoms with E-state index in [1.54, 1.807) is 6.07 Å². The molecule has 0 saturated heterocycles. The number of hydrogen-bond donors (Lipinski definition) is 3. The quantitative estimate of drug-likeness (QED) is 0.686. The summed E-state index contributed by atoms with van der Waals surface area (Å²) in [4.78, 5) is 24.2. The number of nitrogens with one attached hydrogen (secondary N) is 1. The van der Waals surface area contributed by atoms with E-state index in [9.17, 15) is 19.8 Å². The van der Waals surface area contributed by atoms with E-state index in [0.29, 0.717) is 0 Å². The molecule has 3 aliphatic carbocycles. The lowest BCUT2D eigenvalue weighted by molar-refractivity contribution is -0.122. The van der Waals surface area contributed by atoms with Crippen LogP contribution in [-0.4, -0.2) is 32.0 Å². The predicted molar refractivity (Wildman–Crippen MR) is 92.9 cm³/mol. The third-order valence-corrected chi connectivity index (χ3v) is 6.07. The Bertz CT molecular complexity index is 1020. The summed E-state index contributed by atoms with van der Waals surface area (Å²) >= 11 is 0. The van der Waals surface area contributed by atoms with E-state index in [1.165, 1.54) is 6.92 Å². The molecule has 6 nitrogen and oxygen atoms in total. The van der Waals surface area contributed by atoms with Crippen LogP contribution in [0.3, 0.4) is 0 Å². The Morgan fingerprint density at radius 3 is 2.85 bits per heavy atom. The van der Waals surface area contributed by atoms with Crippen molar-refractivity contribution in [1.82, 2.24) is 10.2 Å². The van der Waals surface area contributed by atoms with Crippen LogP contribution in [0.5, 0.6) is 5.75 Å². The van der Waals surface area contributed by atoms with Gasteiger partial charge in [-0.15, -0.1) is 0 Å². The van der Waals surface area contributed by atoms with Gasteiger partial charge in [0.15, 0.2) is 11.6 Å². The smallest absolute Gasteiger partial charge is 0.170 e. The number of ketones is 2. The van der Waals surface area contributed by atoms with E-state index in [-0.39, 0.29) is 41.1 Å². The molecule has 0 bridgehead atoms. The second-order valence-corrected chi connectivity index (χ2v) is 7.53. The number of hydrogen-bond acceptors (Lipinski definition) is 5. The van der Waals surface area contributed by atoms with E-state index in [4.69, 9.17) is 0 Å². The van der Waals surface area contributed by atoms with Crippen molar-refractivity contribution in [2.75, 3.05) is 0 Å². The summed E-state index contributed by atoms with van der Waals surface area (Å²) < 4.78 is 0. The number of carbonyl (C=O) groups is 2. The fourth-order valence-electron chi connectivity index (χ4n) is 5.12. The molecule has 0 radical (unpaired) electrons. The number of aromatic amines is 1. The lowest BCUT2D eigenvalue weighted by Gasteiger charge is -2.40. The first-order chi connectivity index (χ1) is 12.5. The number of aromatic hydroxyl groups is 1. The minimum Gasteiger partial charge on any atom is -0.511 e. The molecule has 2 aromatic rings. The molecule has 5 rings (SSSR count). The normalized spacial score (nSPS) is 26.2. The van der Waals surface area contributed by atoms with Gasteiger partial charge >= 0.3 is 0 Å². The summed E-state index contributed by atoms with van der Waals surface area (Å²) in [5.74, 6) is -0.875. The zero-order chi connectivity index (χ0) is 18.2. The van der Waals surface area contributed by atoms with Gasteiger partial charge in [0.25, 0.3) is 0 Å². The molecule has 1 aromatic carbocycles. The van der Waals surface area contributed by atoms with Crippen molar-refractivity contribution in [3.8, 4) is 17.0 Å². The van der Waals surface area contributed by atoms with Crippen LogP contribution in [-0.2, 0) is 16.0 Å². The van der Waals surface area contributed by atoms with Crippen LogP contribution in [0, 0.1) is 5.92 Å². The van der Waals surface area contributed by atoms with Crippen molar-refractivity contribution in [2.45, 2.75) is 38.0 Å². The first-order valence-electron chi connectivity index (χ1n) is 8.84. The fraction of sp³-hybridized carbons (Fsp3) is 0.350. The summed E-state index contributed by atoms with van der Waals surface area (Å²) in [6.45, 7) is 1.31. The van der Waals surface area contributed by atoms with Crippen molar-refractivity contribution in [3.05, 3.63) is 46.4 Å². The number of Topliss-reactive ketones (excluding diaryl/α,β-unsaturated/α-hetero) is 2. The molecule has 0 spiro atoms. The van der Waals surface area contributed by atoms with Crippen molar-refractivity contribution in [1.29, 1.82) is 0 Å². The summed E-state index contributed by atoms with van der Waals surface area (Å²) in [6, 6.07) is 5.47. The van der Waals surface area contributed by atoms with Gasteiger partial charge in [-0.3, -0.25) is 14.7 Å². The number of phenols is 1. The highest BCUT2D eigenvalue weighted by atomic mass is 16.3. The number of benzene rings is 1. The fourth-order valence-corrected chi connectivity index (χ4v) is 5.12. The van der Waals surface area contributed by atoms with E-state index >= 15 is 0 Å². The maximum absolute atomic E-state index is 12.4. The summed E-state index contributed by atoms with van der Waals surface area (Å²) in [5.41, 5.74) is 4.21. The van der Waals surface area contributed by atoms with Gasteiger partial charge in [0.05, 0.1) is 22.9 Å². The van der Waals surface area contributed by atoms with Crippen molar-refractivity contribution in [2.24, 2.45) is 5.92 Å². The molecule has 6 heteroatoms. The topological polar surface area (TPSA) is 103 Å². The average molecular weight is 350 g/mol. The highest BCUT2D eigenvalue weighted by Gasteiger charge is 2.47. The van der Waals surface area contributed by atoms with Crippen LogP contribution < -0.4 is 0 Å². The van der Waals surface area contributed by atoms with E-state index in [0.717, 1.165) is 40.9 Å². The Balaban J connectivity index is 1.74. The molecular formula is C20H18N2O4. The predicted octanol–water partition coefficient (Wildman–Crippen LogP) is 2.90. The number of rotatable bonds is 1. The molecule has 0 aliphatic heterocycles. The van der Waals surface area contributed by atoms with Crippen LogP contribution >= 0.6 is 0 Å². The van der Waals surface area contributed by atoms with Crippen molar-refractivity contribution >= 4 is 11.6 Å². The Hall–Kier alpha value is -2.89. The van der Waals surface area contributed by atoms with E-state index in [1.807, 2.05) is 12.1 Å². The number of fused-ring (bicyclic) bond motifs is 4. The number of aliphatic hydroxyl groups excluding tert-OH is 1. The zero-order valence-electron chi connectivity index (χ0n) is 14.2. The van der Waals surface area contributed by atoms with Gasteiger partial charge in [-0.25, -0.2) is 0 Å². The van der Waals surface area contributed by atoms with Gasteiger partial charge in [0, 0.05) is 17.5 Å². The Kier molecular flexibility index (Phi) is 2.99. The van der Waals surface area contributed by atoms with Gasteiger partial charge in [0.1, 0.15) is 11.5 Å². The van der Waals surface area contributed by atoms with Gasteiger partial charge in [-0.1, -0.05) is 12.1 Å². The number of allylic oxidation sites excluding steroid dienone is 2. The first kappa shape index (κ1) is 15.4. The average Bonchev–Trinajstić information content (AvgIpc) is 3.00. The van der Waals surface area contributed by atoms with Crippen LogP contribution in [0.15, 0.2) is 29.5 Å². The molecule has 3 unspecified atom stereocenters. The largest absolute Gasteiger partial charge is 0.511 e. The number of H-pyrrole nitrogens is 1. The minimum atomic E-state index is -0.411. The second-order valence-electron chi connectivity index (χ2n) is 7.53. The molecule has 3 atom stereocenters. The van der Waals surface area contributed by atoms with Gasteiger partial charge in [-0.05, 0) is 43.2 Å². The molecular weight excluding hydrogens is 332 g/mol. The van der Waals surface area contributed by atoms with Crippen molar-refractivity contribution in [3.63, 3.8) is 0 Å². The number of phenolic OH excluding ortho intramolecular Hbond substituents is 1. The Morgan fingerprint density at radius 2 is 2.08 bits per heavy atom. The first-order valence-corrected chi connectivity index (χ1v) is 8.84. The lowest BCUT2D eigenvalue weighted by Crippen LogP contribution is -2.35. The van der Waals surface area contributed by atoms with Crippen LogP contribution in [0.4, 0.5) is 0 Å². The van der Waals surface area contributed by atoms with Gasteiger partial charge in [-0.2, -0.15) is 5.10 Å². The molecule has 26 heavy (non-hydrogen) atoms. The van der Waals surface area contributed by atoms with Gasteiger partial charge < -0.3 is 10.2 Å². The monoisotopic (exact) mass is 350 g/mol. The van der Waals surface area contributed by atoms with Crippen LogP contribution in [0.2, 0.25) is 0 Å². The molecule has 0 fully saturated rings. The molecule has 3 aliphatic rings. The molecule has 1 heterocycles. The SMILES string of the molecule is CC(=O)C1=C(O)C2c3[nH]nc4c3C(Cc3cccc(O)c3-4)CC2CC1=O. The zero-order valence-corrected chi connectivity index (χ0v) is 14.2. The third kappa shape index (κ3) is 1.84. The van der Waals surface area contributed by atoms with Crippen molar-refractivity contribution < 1.29 is 19.8 Å². The number of aliphatic hydroxyl groups is 1. The molecule has 132 valence electrons. The Labute approximate surface area is 149 Å². The summed E-state index contributed by atoms with van der Waals surface area (Å²) in [5, 5.41) is 28.5. The highest BCUT2D eigenvalue weighted by Crippen LogP contribution is 2.55. The van der Waals surface area contributed by atoms with Crippen LogP contribution in [0.25, 0.3) is 11.3 Å². The van der Waals surface area contributed by atoms with E-state index in [2.05, 4.69) is 10.2 Å². The maximum Gasteiger partial charge on any atom is 0.170 e. The Morgan fingerprint density at radius 1 is 1.27 bits per heavy atom. The van der Waals surface area contributed by atoms with Gasteiger partial charge in [0.2, 0.25) is 0 Å². The number of nitrogens with zero attached hydrogens (tertiary/aromatic N) is 1.